The highest BCUT2D eigenvalue weighted by Crippen LogP contribution is 2.15. The van der Waals surface area contributed by atoms with E-state index in [1.807, 2.05) is 0 Å². The molecule has 1 atom stereocenters. The number of Topliss-reactive ketones (excluding diaryl/α,β-unsaturated/α-hetero) is 1. The van der Waals surface area contributed by atoms with Crippen molar-refractivity contribution in [2.45, 2.75) is 6.42 Å². The molecule has 0 radical (unpaired) electrons. The van der Waals surface area contributed by atoms with Crippen LogP contribution in [0, 0.1) is 23.1 Å². The van der Waals surface area contributed by atoms with Gasteiger partial charge >= 0.3 is 0 Å². The Morgan fingerprint density at radius 2 is 2.28 bits per heavy atom. The molecule has 0 aliphatic rings. The highest BCUT2D eigenvalue weighted by Gasteiger charge is 2.22. The van der Waals surface area contributed by atoms with E-state index in [1.54, 1.807) is 12.1 Å². The van der Waals surface area contributed by atoms with E-state index in [0.717, 1.165) is 0 Å². The molecule has 18 heavy (non-hydrogen) atoms. The lowest BCUT2D eigenvalue weighted by atomic mass is 10.0. The number of ketones is 1. The average molecular weight is 262 g/mol. The Labute approximate surface area is 110 Å². The number of hydrogen-bond acceptors (Lipinski definition) is 3. The summed E-state index contributed by atoms with van der Waals surface area (Å²) in [6, 6.07) is 7.71. The lowest BCUT2D eigenvalue weighted by Gasteiger charge is -2.12. The molecular formula is C13H11FN2OS. The maximum absolute atomic E-state index is 13.4. The number of para-hydroxylation sites is 1. The third kappa shape index (κ3) is 3.47. The van der Waals surface area contributed by atoms with Crippen LogP contribution >= 0.6 is 12.2 Å². The fourth-order valence-electron chi connectivity index (χ4n) is 1.30. The first-order valence-electron chi connectivity index (χ1n) is 5.18. The molecule has 0 bridgehead atoms. The van der Waals surface area contributed by atoms with Gasteiger partial charge in [0.2, 0.25) is 0 Å². The molecule has 0 saturated carbocycles. The van der Waals surface area contributed by atoms with Crippen LogP contribution in [0.15, 0.2) is 36.9 Å². The number of anilines is 1. The molecule has 1 aromatic rings. The van der Waals surface area contributed by atoms with Crippen molar-refractivity contribution in [3.8, 4) is 6.07 Å². The van der Waals surface area contributed by atoms with Gasteiger partial charge in [-0.1, -0.05) is 30.4 Å². The van der Waals surface area contributed by atoms with Crippen molar-refractivity contribution in [3.05, 3.63) is 42.7 Å². The number of nitriles is 1. The zero-order valence-electron chi connectivity index (χ0n) is 9.52. The second-order valence-electron chi connectivity index (χ2n) is 3.49. The van der Waals surface area contributed by atoms with Crippen LogP contribution in [0.3, 0.4) is 0 Å². The van der Waals surface area contributed by atoms with Gasteiger partial charge in [-0.3, -0.25) is 4.79 Å². The molecule has 0 saturated heterocycles. The van der Waals surface area contributed by atoms with Crippen molar-refractivity contribution in [3.63, 3.8) is 0 Å². The Morgan fingerprint density at radius 3 is 2.83 bits per heavy atom. The van der Waals surface area contributed by atoms with Gasteiger partial charge in [-0.2, -0.15) is 5.26 Å². The first-order chi connectivity index (χ1) is 8.60. The second kappa shape index (κ2) is 6.62. The fourth-order valence-corrected chi connectivity index (χ4v) is 1.60. The maximum atomic E-state index is 13.4. The lowest BCUT2D eigenvalue weighted by Crippen LogP contribution is -2.27. The van der Waals surface area contributed by atoms with E-state index in [2.05, 4.69) is 11.9 Å². The van der Waals surface area contributed by atoms with Crippen LogP contribution in [0.25, 0.3) is 0 Å². The third-order valence-corrected chi connectivity index (χ3v) is 2.53. The summed E-state index contributed by atoms with van der Waals surface area (Å²) < 4.78 is 13.4. The number of thiocarbonyl (C=S) groups is 1. The number of halogens is 1. The normalized spacial score (nSPS) is 11.1. The fraction of sp³-hybridized carbons (Fsp3) is 0.154. The summed E-state index contributed by atoms with van der Waals surface area (Å²) in [5.41, 5.74) is 0.147. The van der Waals surface area contributed by atoms with Gasteiger partial charge in [0.05, 0.1) is 11.8 Å². The predicted molar refractivity (Wildman–Crippen MR) is 71.5 cm³/mol. The quantitative estimate of drug-likeness (QED) is 0.655. The van der Waals surface area contributed by atoms with Gasteiger partial charge in [-0.05, 0) is 12.1 Å². The molecule has 1 N–H and O–H groups in total. The number of benzene rings is 1. The molecule has 0 heterocycles. The highest BCUT2D eigenvalue weighted by molar-refractivity contribution is 7.80. The summed E-state index contributed by atoms with van der Waals surface area (Å²) in [6.45, 7) is 3.42. The summed E-state index contributed by atoms with van der Waals surface area (Å²) in [6.07, 6.45) is 1.45. The van der Waals surface area contributed by atoms with Gasteiger partial charge in [-0.15, -0.1) is 6.58 Å². The van der Waals surface area contributed by atoms with E-state index in [4.69, 9.17) is 17.5 Å². The van der Waals surface area contributed by atoms with E-state index < -0.39 is 11.7 Å². The van der Waals surface area contributed by atoms with Gasteiger partial charge in [0.1, 0.15) is 10.8 Å². The lowest BCUT2D eigenvalue weighted by molar-refractivity contribution is -0.118. The van der Waals surface area contributed by atoms with Gasteiger partial charge in [0.15, 0.2) is 11.7 Å². The van der Waals surface area contributed by atoms with Crippen molar-refractivity contribution in [2.75, 3.05) is 5.32 Å². The molecular weight excluding hydrogens is 251 g/mol. The SMILES string of the molecule is C=CCC(=O)C(C#N)C(=S)Nc1ccccc1F. The average Bonchev–Trinajstić information content (AvgIpc) is 2.33. The Bertz CT molecular complexity index is 522. The Balaban J connectivity index is 2.82. The minimum absolute atomic E-state index is 0.00514. The molecule has 0 amide bonds. The van der Waals surface area contributed by atoms with Crippen LogP contribution in [0.2, 0.25) is 0 Å². The Morgan fingerprint density at radius 1 is 1.61 bits per heavy atom. The maximum Gasteiger partial charge on any atom is 0.160 e. The van der Waals surface area contributed by atoms with Crippen molar-refractivity contribution in [1.82, 2.24) is 0 Å². The van der Waals surface area contributed by atoms with Crippen LogP contribution in [0.1, 0.15) is 6.42 Å². The van der Waals surface area contributed by atoms with Crippen LogP contribution in [0.4, 0.5) is 10.1 Å². The van der Waals surface area contributed by atoms with Crippen molar-refractivity contribution in [1.29, 1.82) is 5.26 Å². The minimum Gasteiger partial charge on any atom is -0.346 e. The van der Waals surface area contributed by atoms with E-state index in [0.29, 0.717) is 0 Å². The third-order valence-electron chi connectivity index (χ3n) is 2.19. The zero-order chi connectivity index (χ0) is 13.5. The van der Waals surface area contributed by atoms with Crippen LogP contribution in [0.5, 0.6) is 0 Å². The number of hydrogen-bond donors (Lipinski definition) is 1. The van der Waals surface area contributed by atoms with Crippen molar-refractivity contribution in [2.24, 2.45) is 5.92 Å². The van der Waals surface area contributed by atoms with Gasteiger partial charge in [-0.25, -0.2) is 4.39 Å². The first-order valence-corrected chi connectivity index (χ1v) is 5.59. The van der Waals surface area contributed by atoms with Gasteiger partial charge in [0, 0.05) is 6.42 Å². The molecule has 92 valence electrons. The van der Waals surface area contributed by atoms with E-state index in [1.165, 1.54) is 24.3 Å². The van der Waals surface area contributed by atoms with Crippen LogP contribution < -0.4 is 5.32 Å². The number of allylic oxidation sites excluding steroid dienone is 1. The number of carbonyl (C=O) groups excluding carboxylic acids is 1. The molecule has 0 aliphatic heterocycles. The number of nitrogens with zero attached hydrogens (tertiary/aromatic N) is 1. The van der Waals surface area contributed by atoms with Crippen molar-refractivity contribution < 1.29 is 9.18 Å². The largest absolute Gasteiger partial charge is 0.346 e. The molecule has 1 aromatic carbocycles. The monoisotopic (exact) mass is 262 g/mol. The Hall–Kier alpha value is -2.06. The van der Waals surface area contributed by atoms with Crippen LogP contribution in [-0.2, 0) is 4.79 Å². The standard InChI is InChI=1S/C13H11FN2OS/c1-2-5-12(17)9(8-15)13(18)16-11-7-4-3-6-10(11)14/h2-4,6-7,9H,1,5H2,(H,16,18). The second-order valence-corrected chi connectivity index (χ2v) is 3.93. The number of nitrogens with one attached hydrogen (secondary N) is 1. The van der Waals surface area contributed by atoms with Gasteiger partial charge < -0.3 is 5.32 Å². The highest BCUT2D eigenvalue weighted by atomic mass is 32.1. The molecule has 0 fully saturated rings. The molecule has 0 aliphatic carbocycles. The molecule has 1 unspecified atom stereocenters. The van der Waals surface area contributed by atoms with Crippen LogP contribution in [-0.4, -0.2) is 10.8 Å². The summed E-state index contributed by atoms with van der Waals surface area (Å²) in [5.74, 6) is -1.94. The summed E-state index contributed by atoms with van der Waals surface area (Å²) in [4.78, 5) is 11.6. The Kier molecular flexibility index (Phi) is 5.15. The summed E-state index contributed by atoms with van der Waals surface area (Å²) in [7, 11) is 0. The molecule has 3 nitrogen and oxygen atoms in total. The van der Waals surface area contributed by atoms with Crippen molar-refractivity contribution >= 4 is 28.7 Å². The molecule has 5 heteroatoms. The smallest absolute Gasteiger partial charge is 0.160 e. The van der Waals surface area contributed by atoms with E-state index in [-0.39, 0.29) is 22.9 Å². The number of rotatable bonds is 5. The van der Waals surface area contributed by atoms with E-state index in [9.17, 15) is 9.18 Å². The number of carbonyl (C=O) groups is 1. The topological polar surface area (TPSA) is 52.9 Å². The van der Waals surface area contributed by atoms with Gasteiger partial charge in [0.25, 0.3) is 0 Å². The molecule has 1 rings (SSSR count). The summed E-state index contributed by atoms with van der Waals surface area (Å²) >= 11 is 4.95. The summed E-state index contributed by atoms with van der Waals surface area (Å²) in [5, 5.41) is 11.5. The first kappa shape index (κ1) is 14.0. The molecule has 0 aromatic heterocycles. The minimum atomic E-state index is -1.09. The molecule has 0 spiro atoms. The zero-order valence-corrected chi connectivity index (χ0v) is 10.3. The van der Waals surface area contributed by atoms with E-state index >= 15 is 0 Å². The predicted octanol–water partition coefficient (Wildman–Crippen LogP) is 2.85.